The fraction of sp³-hybridized carbons (Fsp3) is 0.757. The van der Waals surface area contributed by atoms with Gasteiger partial charge in [-0.15, -0.1) is 0 Å². The number of phosphoric ester groups is 1. The third kappa shape index (κ3) is 68.0. The van der Waals surface area contributed by atoms with Crippen molar-refractivity contribution in [1.29, 1.82) is 0 Å². The van der Waals surface area contributed by atoms with E-state index in [4.69, 9.17) is 18.5 Å². The van der Waals surface area contributed by atoms with Gasteiger partial charge >= 0.3 is 19.8 Å². The Morgan fingerprint density at radius 3 is 1.01 bits per heavy atom. The maximum atomic E-state index is 12.9. The average molecular weight is 1200 g/mol. The molecule has 2 unspecified atom stereocenters. The molecule has 0 bridgehead atoms. The number of ether oxygens (including phenoxy) is 2. The minimum Gasteiger partial charge on any atom is -0.462 e. The topological polar surface area (TPSA) is 108 Å². The first kappa shape index (κ1) is 80.9. The lowest BCUT2D eigenvalue weighted by Gasteiger charge is -2.24. The molecule has 2 atom stereocenters. The normalized spacial score (nSPS) is 13.7. The molecule has 0 amide bonds. The van der Waals surface area contributed by atoms with Gasteiger partial charge in [-0.25, -0.2) is 4.57 Å². The van der Waals surface area contributed by atoms with Crippen LogP contribution < -0.4 is 0 Å². The monoisotopic (exact) mass is 1190 g/mol. The molecule has 0 aromatic rings. The third-order valence-corrected chi connectivity index (χ3v) is 16.1. The van der Waals surface area contributed by atoms with E-state index < -0.39 is 26.5 Å². The number of carbonyl (C=O) groups excluding carboxylic acids is 2. The number of hydrogen-bond donors (Lipinski definition) is 1. The van der Waals surface area contributed by atoms with Crippen LogP contribution in [0.25, 0.3) is 0 Å². The number of carbonyl (C=O) groups is 2. The number of quaternary nitrogens is 1. The Morgan fingerprint density at radius 2 is 0.679 bits per heavy atom. The second-order valence-corrected chi connectivity index (χ2v) is 26.0. The predicted octanol–water partition coefficient (Wildman–Crippen LogP) is 22.7. The van der Waals surface area contributed by atoms with Crippen molar-refractivity contribution in [1.82, 2.24) is 0 Å². The highest BCUT2D eigenvalue weighted by Crippen LogP contribution is 2.43. The van der Waals surface area contributed by atoms with E-state index in [2.05, 4.69) is 111 Å². The molecule has 9 nitrogen and oxygen atoms in total. The lowest BCUT2D eigenvalue weighted by Crippen LogP contribution is -2.37. The van der Waals surface area contributed by atoms with E-state index in [1.54, 1.807) is 0 Å². The zero-order valence-corrected chi connectivity index (χ0v) is 56.3. The van der Waals surface area contributed by atoms with E-state index in [-0.39, 0.29) is 32.0 Å². The van der Waals surface area contributed by atoms with Gasteiger partial charge in [0.25, 0.3) is 0 Å². The highest BCUT2D eigenvalue weighted by atomic mass is 31.2. The number of unbranched alkanes of at least 4 members (excludes halogenated alkanes) is 34. The summed E-state index contributed by atoms with van der Waals surface area (Å²) in [6.45, 7) is 4.34. The maximum Gasteiger partial charge on any atom is 0.472 e. The minimum absolute atomic E-state index is 0.0291. The Balaban J connectivity index is 4.03. The van der Waals surface area contributed by atoms with Crippen molar-refractivity contribution in [2.45, 2.75) is 315 Å². The molecule has 0 rings (SSSR count). The fourth-order valence-corrected chi connectivity index (χ4v) is 10.5. The fourth-order valence-electron chi connectivity index (χ4n) is 9.76. The first-order chi connectivity index (χ1) is 41.0. The van der Waals surface area contributed by atoms with Crippen LogP contribution in [-0.2, 0) is 32.7 Å². The molecule has 0 aliphatic carbocycles. The molecule has 0 fully saturated rings. The molecule has 0 saturated carbocycles. The summed E-state index contributed by atoms with van der Waals surface area (Å²) in [5, 5.41) is 0. The molecular formula is C74H133NO8P+. The van der Waals surface area contributed by atoms with Gasteiger partial charge in [-0.3, -0.25) is 18.6 Å². The van der Waals surface area contributed by atoms with Crippen LogP contribution in [0, 0.1) is 0 Å². The quantitative estimate of drug-likeness (QED) is 0.0211. The largest absolute Gasteiger partial charge is 0.472 e. The Morgan fingerprint density at radius 1 is 0.381 bits per heavy atom. The SMILES string of the molecule is CC/C=C\C/C=C\C/C=C\C/C=C\C/C=C\CCCCCCCCCCCCCCCCCCCCCC(=O)OC(COC(=O)CCCCCCCCCCCC/C=C\C/C=C\C/C=C\CCCCCCC)COP(=O)(O)OCC[N+](C)(C)C. The lowest BCUT2D eigenvalue weighted by molar-refractivity contribution is -0.870. The van der Waals surface area contributed by atoms with Crippen molar-refractivity contribution >= 4 is 19.8 Å². The number of rotatable bonds is 64. The molecule has 0 aliphatic heterocycles. The highest BCUT2D eigenvalue weighted by molar-refractivity contribution is 7.47. The Bertz CT molecular complexity index is 1740. The second-order valence-electron chi connectivity index (χ2n) is 24.5. The summed E-state index contributed by atoms with van der Waals surface area (Å²) in [5.74, 6) is -0.793. The van der Waals surface area contributed by atoms with E-state index in [0.717, 1.165) is 77.0 Å². The van der Waals surface area contributed by atoms with Crippen molar-refractivity contribution < 1.29 is 42.1 Å². The number of nitrogens with zero attached hydrogens (tertiary/aromatic N) is 1. The number of allylic oxidation sites excluding steroid dienone is 16. The van der Waals surface area contributed by atoms with Crippen molar-refractivity contribution in [2.75, 3.05) is 47.5 Å². The summed E-state index contributed by atoms with van der Waals surface area (Å²) in [4.78, 5) is 35.9. The number of likely N-dealkylation sites (N-methyl/N-ethyl adjacent to an activating group) is 1. The van der Waals surface area contributed by atoms with Gasteiger partial charge in [0.1, 0.15) is 19.8 Å². The zero-order chi connectivity index (χ0) is 61.2. The number of phosphoric acid groups is 1. The second kappa shape index (κ2) is 64.4. The molecule has 84 heavy (non-hydrogen) atoms. The van der Waals surface area contributed by atoms with Crippen LogP contribution in [0.15, 0.2) is 97.2 Å². The number of hydrogen-bond acceptors (Lipinski definition) is 7. The Kier molecular flexibility index (Phi) is 62.1. The number of esters is 2. The molecule has 0 heterocycles. The molecule has 10 heteroatoms. The van der Waals surface area contributed by atoms with Gasteiger partial charge in [0, 0.05) is 12.8 Å². The van der Waals surface area contributed by atoms with Crippen LogP contribution in [0.5, 0.6) is 0 Å². The molecule has 1 N–H and O–H groups in total. The van der Waals surface area contributed by atoms with E-state index in [1.807, 2.05) is 21.1 Å². The van der Waals surface area contributed by atoms with Gasteiger partial charge in [-0.2, -0.15) is 0 Å². The Hall–Kier alpha value is -3.07. The van der Waals surface area contributed by atoms with E-state index >= 15 is 0 Å². The van der Waals surface area contributed by atoms with Crippen molar-refractivity contribution in [3.8, 4) is 0 Å². The summed E-state index contributed by atoms with van der Waals surface area (Å²) >= 11 is 0. The van der Waals surface area contributed by atoms with Crippen molar-refractivity contribution in [2.24, 2.45) is 0 Å². The molecule has 486 valence electrons. The molecule has 0 aromatic carbocycles. The standard InChI is InChI=1S/C74H132NO8P/c1-6-8-10-12-14-16-18-20-22-24-26-28-30-32-33-34-35-36-37-38-39-40-41-43-45-47-49-51-53-55-57-59-61-63-65-67-74(77)83-72(71-82-84(78,79)81-69-68-75(3,4)5)70-80-73(76)66-64-62-60-58-56-54-52-50-48-46-44-42-31-29-27-25-23-21-19-17-15-13-11-9-7-2/h8,10,14,16,19-22,25-28,31-33,42,72H,6-7,9,11-13,15,17-18,23-24,29-30,34-41,43-71H2,1-5H3/p+1/b10-8-,16-14-,21-19-,22-20-,27-25-,28-26-,33-32-,42-31-. The summed E-state index contributed by atoms with van der Waals surface area (Å²) in [7, 11) is 1.48. The minimum atomic E-state index is -4.40. The molecule has 0 aliphatic rings. The van der Waals surface area contributed by atoms with E-state index in [0.29, 0.717) is 17.4 Å². The molecule has 0 radical (unpaired) electrons. The van der Waals surface area contributed by atoms with Crippen molar-refractivity contribution in [3.63, 3.8) is 0 Å². The first-order valence-corrected chi connectivity index (χ1v) is 36.5. The van der Waals surface area contributed by atoms with Gasteiger partial charge in [0.2, 0.25) is 0 Å². The first-order valence-electron chi connectivity index (χ1n) is 35.0. The van der Waals surface area contributed by atoms with Gasteiger partial charge in [-0.05, 0) is 96.3 Å². The van der Waals surface area contributed by atoms with Crippen molar-refractivity contribution in [3.05, 3.63) is 97.2 Å². The van der Waals surface area contributed by atoms with Crippen LogP contribution in [0.4, 0.5) is 0 Å². The summed E-state index contributed by atoms with van der Waals surface area (Å²) < 4.78 is 34.7. The Labute approximate surface area is 519 Å². The van der Waals surface area contributed by atoms with Crippen LogP contribution >= 0.6 is 7.82 Å². The molecule has 0 aromatic heterocycles. The van der Waals surface area contributed by atoms with Crippen LogP contribution in [0.1, 0.15) is 309 Å². The summed E-state index contributed by atoms with van der Waals surface area (Å²) in [6, 6.07) is 0. The van der Waals surface area contributed by atoms with Crippen LogP contribution in [-0.4, -0.2) is 74.9 Å². The van der Waals surface area contributed by atoms with Crippen LogP contribution in [0.3, 0.4) is 0 Å². The predicted molar refractivity (Wildman–Crippen MR) is 362 cm³/mol. The van der Waals surface area contributed by atoms with Gasteiger partial charge in [0.15, 0.2) is 6.10 Å². The summed E-state index contributed by atoms with van der Waals surface area (Å²) in [6.07, 6.45) is 89.4. The lowest BCUT2D eigenvalue weighted by atomic mass is 10.0. The summed E-state index contributed by atoms with van der Waals surface area (Å²) in [5.41, 5.74) is 0. The average Bonchev–Trinajstić information content (AvgIpc) is 3.61. The smallest absolute Gasteiger partial charge is 0.462 e. The van der Waals surface area contributed by atoms with Crippen LogP contribution in [0.2, 0.25) is 0 Å². The highest BCUT2D eigenvalue weighted by Gasteiger charge is 2.27. The zero-order valence-electron chi connectivity index (χ0n) is 55.4. The van der Waals surface area contributed by atoms with E-state index in [1.165, 1.54) is 199 Å². The molecular weight excluding hydrogens is 1060 g/mol. The molecule has 0 saturated heterocycles. The maximum absolute atomic E-state index is 12.9. The third-order valence-electron chi connectivity index (χ3n) is 15.1. The van der Waals surface area contributed by atoms with Gasteiger partial charge < -0.3 is 18.9 Å². The van der Waals surface area contributed by atoms with Gasteiger partial charge in [0.05, 0.1) is 27.7 Å². The molecule has 0 spiro atoms. The van der Waals surface area contributed by atoms with Gasteiger partial charge in [-0.1, -0.05) is 297 Å². The van der Waals surface area contributed by atoms with E-state index in [9.17, 15) is 19.0 Å².